The van der Waals surface area contributed by atoms with E-state index in [1.165, 1.54) is 6.26 Å². The Balaban J connectivity index is 1.79. The average Bonchev–Trinajstić information content (AvgIpc) is 3.02. The van der Waals surface area contributed by atoms with Crippen LogP contribution in [0.3, 0.4) is 0 Å². The molecule has 1 aliphatic heterocycles. The summed E-state index contributed by atoms with van der Waals surface area (Å²) in [6.45, 7) is 3.47. The molecular weight excluding hydrogens is 342 g/mol. The Labute approximate surface area is 150 Å². The minimum absolute atomic E-state index is 0.129. The van der Waals surface area contributed by atoms with Gasteiger partial charge in [-0.2, -0.15) is 0 Å². The fraction of sp³-hybridized carbons (Fsp3) is 0.333. The Bertz CT molecular complexity index is 782. The minimum atomic E-state index is -0.343. The van der Waals surface area contributed by atoms with Crippen LogP contribution in [0.1, 0.15) is 39.3 Å². The SMILES string of the molecule is Cc1occc1C(=O)Nc1cc(Cl)ccc1C(=O)NC1CCNCC1. The van der Waals surface area contributed by atoms with E-state index >= 15 is 0 Å². The molecule has 1 saturated heterocycles. The van der Waals surface area contributed by atoms with E-state index < -0.39 is 0 Å². The van der Waals surface area contributed by atoms with Crippen molar-refractivity contribution in [2.75, 3.05) is 18.4 Å². The Hall–Kier alpha value is -2.31. The van der Waals surface area contributed by atoms with E-state index in [0.29, 0.717) is 27.6 Å². The number of halogens is 1. The van der Waals surface area contributed by atoms with Gasteiger partial charge in [0.25, 0.3) is 11.8 Å². The van der Waals surface area contributed by atoms with E-state index in [0.717, 1.165) is 25.9 Å². The largest absolute Gasteiger partial charge is 0.469 e. The van der Waals surface area contributed by atoms with Crippen molar-refractivity contribution < 1.29 is 14.0 Å². The number of carbonyl (C=O) groups is 2. The third-order valence-corrected chi connectivity index (χ3v) is 4.49. The molecule has 1 aliphatic rings. The molecule has 0 unspecified atom stereocenters. The topological polar surface area (TPSA) is 83.4 Å². The van der Waals surface area contributed by atoms with E-state index in [-0.39, 0.29) is 17.9 Å². The number of benzene rings is 1. The summed E-state index contributed by atoms with van der Waals surface area (Å²) >= 11 is 6.04. The van der Waals surface area contributed by atoms with Gasteiger partial charge in [-0.05, 0) is 57.1 Å². The summed E-state index contributed by atoms with van der Waals surface area (Å²) in [5.74, 6) is -0.0487. The van der Waals surface area contributed by atoms with Crippen molar-refractivity contribution in [3.63, 3.8) is 0 Å². The van der Waals surface area contributed by atoms with Crippen LogP contribution < -0.4 is 16.0 Å². The zero-order valence-electron chi connectivity index (χ0n) is 13.9. The lowest BCUT2D eigenvalue weighted by atomic mass is 10.1. The van der Waals surface area contributed by atoms with Crippen molar-refractivity contribution in [2.45, 2.75) is 25.8 Å². The van der Waals surface area contributed by atoms with Crippen molar-refractivity contribution in [1.82, 2.24) is 10.6 Å². The van der Waals surface area contributed by atoms with Crippen LogP contribution in [0.2, 0.25) is 5.02 Å². The van der Waals surface area contributed by atoms with E-state index in [2.05, 4.69) is 16.0 Å². The van der Waals surface area contributed by atoms with Crippen LogP contribution in [0.5, 0.6) is 0 Å². The number of aryl methyl sites for hydroxylation is 1. The van der Waals surface area contributed by atoms with Crippen molar-refractivity contribution in [3.05, 3.63) is 52.4 Å². The molecule has 25 heavy (non-hydrogen) atoms. The van der Waals surface area contributed by atoms with Crippen LogP contribution >= 0.6 is 11.6 Å². The number of piperidine rings is 1. The number of anilines is 1. The maximum absolute atomic E-state index is 12.6. The molecule has 0 spiro atoms. The highest BCUT2D eigenvalue weighted by Gasteiger charge is 2.20. The third kappa shape index (κ3) is 4.21. The van der Waals surface area contributed by atoms with Gasteiger partial charge in [0.15, 0.2) is 0 Å². The van der Waals surface area contributed by atoms with Gasteiger partial charge < -0.3 is 20.4 Å². The molecule has 0 bridgehead atoms. The molecular formula is C18H20ClN3O3. The Morgan fingerprint density at radius 3 is 2.60 bits per heavy atom. The zero-order valence-corrected chi connectivity index (χ0v) is 14.7. The summed E-state index contributed by atoms with van der Waals surface area (Å²) in [6, 6.07) is 6.55. The molecule has 6 nitrogen and oxygen atoms in total. The van der Waals surface area contributed by atoms with E-state index in [4.69, 9.17) is 16.0 Å². The van der Waals surface area contributed by atoms with Crippen molar-refractivity contribution in [1.29, 1.82) is 0 Å². The highest BCUT2D eigenvalue weighted by atomic mass is 35.5. The quantitative estimate of drug-likeness (QED) is 0.781. The number of rotatable bonds is 4. The molecule has 2 aromatic rings. The second kappa shape index (κ2) is 7.72. The first-order valence-electron chi connectivity index (χ1n) is 8.21. The number of amides is 2. The predicted octanol–water partition coefficient (Wildman–Crippen LogP) is 2.98. The normalized spacial score (nSPS) is 15.0. The molecule has 2 amide bonds. The number of furan rings is 1. The molecule has 132 valence electrons. The third-order valence-electron chi connectivity index (χ3n) is 4.25. The van der Waals surface area contributed by atoms with Crippen LogP contribution in [0, 0.1) is 6.92 Å². The second-order valence-electron chi connectivity index (χ2n) is 6.03. The van der Waals surface area contributed by atoms with Gasteiger partial charge in [-0.1, -0.05) is 11.6 Å². The first-order valence-corrected chi connectivity index (χ1v) is 8.59. The van der Waals surface area contributed by atoms with Gasteiger partial charge in [0.05, 0.1) is 23.1 Å². The molecule has 1 fully saturated rings. The van der Waals surface area contributed by atoms with Crippen molar-refractivity contribution >= 4 is 29.1 Å². The first-order chi connectivity index (χ1) is 12.0. The van der Waals surface area contributed by atoms with Crippen LogP contribution in [0.25, 0.3) is 0 Å². The summed E-state index contributed by atoms with van der Waals surface area (Å²) < 4.78 is 5.15. The lowest BCUT2D eigenvalue weighted by Gasteiger charge is -2.24. The number of hydrogen-bond donors (Lipinski definition) is 3. The van der Waals surface area contributed by atoms with Crippen molar-refractivity contribution in [3.8, 4) is 0 Å². The first kappa shape index (κ1) is 17.5. The van der Waals surface area contributed by atoms with E-state index in [9.17, 15) is 9.59 Å². The Morgan fingerprint density at radius 2 is 1.92 bits per heavy atom. The number of carbonyl (C=O) groups excluding carboxylic acids is 2. The summed E-state index contributed by atoms with van der Waals surface area (Å²) in [6.07, 6.45) is 3.22. The summed E-state index contributed by atoms with van der Waals surface area (Å²) in [5, 5.41) is 9.48. The van der Waals surface area contributed by atoms with Gasteiger partial charge in [0, 0.05) is 11.1 Å². The zero-order chi connectivity index (χ0) is 17.8. The molecule has 0 aliphatic carbocycles. The molecule has 0 atom stereocenters. The minimum Gasteiger partial charge on any atom is -0.469 e. The lowest BCUT2D eigenvalue weighted by molar-refractivity contribution is 0.0930. The van der Waals surface area contributed by atoms with Gasteiger partial charge in [-0.3, -0.25) is 9.59 Å². The van der Waals surface area contributed by atoms with Gasteiger partial charge in [0.2, 0.25) is 0 Å². The highest BCUT2D eigenvalue weighted by molar-refractivity contribution is 6.31. The van der Waals surface area contributed by atoms with Gasteiger partial charge in [-0.15, -0.1) is 0 Å². The van der Waals surface area contributed by atoms with Gasteiger partial charge in [0.1, 0.15) is 5.76 Å². The molecule has 0 saturated carbocycles. The van der Waals surface area contributed by atoms with Crippen molar-refractivity contribution in [2.24, 2.45) is 0 Å². The van der Waals surface area contributed by atoms with Crippen LogP contribution in [0.15, 0.2) is 34.9 Å². The van der Waals surface area contributed by atoms with E-state index in [1.807, 2.05) is 0 Å². The maximum atomic E-state index is 12.6. The summed E-state index contributed by atoms with van der Waals surface area (Å²) in [7, 11) is 0. The highest BCUT2D eigenvalue weighted by Crippen LogP contribution is 2.23. The Kier molecular flexibility index (Phi) is 5.40. The fourth-order valence-corrected chi connectivity index (χ4v) is 3.03. The van der Waals surface area contributed by atoms with Gasteiger partial charge in [-0.25, -0.2) is 0 Å². The molecule has 1 aromatic carbocycles. The predicted molar refractivity (Wildman–Crippen MR) is 96.2 cm³/mol. The van der Waals surface area contributed by atoms with Crippen LogP contribution in [-0.2, 0) is 0 Å². The molecule has 3 N–H and O–H groups in total. The molecule has 0 radical (unpaired) electrons. The maximum Gasteiger partial charge on any atom is 0.259 e. The van der Waals surface area contributed by atoms with Gasteiger partial charge >= 0.3 is 0 Å². The van der Waals surface area contributed by atoms with Crippen LogP contribution in [-0.4, -0.2) is 30.9 Å². The summed E-state index contributed by atoms with van der Waals surface area (Å²) in [5.41, 5.74) is 1.19. The number of hydrogen-bond acceptors (Lipinski definition) is 4. The van der Waals surface area contributed by atoms with E-state index in [1.54, 1.807) is 31.2 Å². The lowest BCUT2D eigenvalue weighted by Crippen LogP contribution is -2.42. The standard InChI is InChI=1S/C18H20ClN3O3/c1-11-14(6-9-25-11)17(23)22-16-10-12(19)2-3-15(16)18(24)21-13-4-7-20-8-5-13/h2-3,6,9-10,13,20H,4-5,7-8H2,1H3,(H,21,24)(H,22,23). The monoisotopic (exact) mass is 361 g/mol. The Morgan fingerprint density at radius 1 is 1.16 bits per heavy atom. The van der Waals surface area contributed by atoms with Crippen LogP contribution in [0.4, 0.5) is 5.69 Å². The average molecular weight is 362 g/mol. The summed E-state index contributed by atoms with van der Waals surface area (Å²) in [4.78, 5) is 25.1. The smallest absolute Gasteiger partial charge is 0.259 e. The number of nitrogens with one attached hydrogen (secondary N) is 3. The molecule has 7 heteroatoms. The molecule has 1 aromatic heterocycles. The second-order valence-corrected chi connectivity index (χ2v) is 6.47. The molecule has 3 rings (SSSR count). The fourth-order valence-electron chi connectivity index (χ4n) is 2.86. The molecule has 2 heterocycles.